The van der Waals surface area contributed by atoms with E-state index in [2.05, 4.69) is 31.4 Å². The number of hydrogen-bond acceptors (Lipinski definition) is 2. The quantitative estimate of drug-likeness (QED) is 0.681. The lowest BCUT2D eigenvalue weighted by Gasteiger charge is -2.28. The van der Waals surface area contributed by atoms with Crippen LogP contribution < -0.4 is 10.6 Å². The molecule has 0 aliphatic rings. The van der Waals surface area contributed by atoms with Crippen LogP contribution in [0.2, 0.25) is 0 Å². The van der Waals surface area contributed by atoms with E-state index in [9.17, 15) is 4.79 Å². The third-order valence-corrected chi connectivity index (χ3v) is 2.91. The van der Waals surface area contributed by atoms with Gasteiger partial charge in [0.15, 0.2) is 0 Å². The first kappa shape index (κ1) is 14.4. The molecule has 0 aromatic heterocycles. The molecule has 0 aliphatic carbocycles. The monoisotopic (exact) mass is 214 g/mol. The van der Waals surface area contributed by atoms with Crippen molar-refractivity contribution >= 4 is 5.91 Å². The summed E-state index contributed by atoms with van der Waals surface area (Å²) >= 11 is 0. The van der Waals surface area contributed by atoms with Gasteiger partial charge in [0.25, 0.3) is 0 Å². The second-order valence-electron chi connectivity index (χ2n) is 4.67. The number of carbonyl (C=O) groups is 1. The van der Waals surface area contributed by atoms with E-state index in [1.807, 2.05) is 13.8 Å². The summed E-state index contributed by atoms with van der Waals surface area (Å²) in [6.45, 7) is 11.3. The first-order valence-corrected chi connectivity index (χ1v) is 5.98. The van der Waals surface area contributed by atoms with Crippen molar-refractivity contribution in [2.75, 3.05) is 6.54 Å². The minimum absolute atomic E-state index is 0.132. The lowest BCUT2D eigenvalue weighted by atomic mass is 9.95. The SMILES string of the molecule is CCC(C)(CC)NCCC(=O)NC(C)C. The Morgan fingerprint density at radius 1 is 1.27 bits per heavy atom. The molecule has 0 atom stereocenters. The van der Waals surface area contributed by atoms with Crippen LogP contribution in [-0.4, -0.2) is 24.0 Å². The summed E-state index contributed by atoms with van der Waals surface area (Å²) in [4.78, 5) is 11.4. The van der Waals surface area contributed by atoms with Crippen molar-refractivity contribution in [3.05, 3.63) is 0 Å². The molecule has 0 aromatic carbocycles. The van der Waals surface area contributed by atoms with Crippen LogP contribution >= 0.6 is 0 Å². The van der Waals surface area contributed by atoms with Crippen molar-refractivity contribution in [3.8, 4) is 0 Å². The predicted octanol–water partition coefficient (Wildman–Crippen LogP) is 2.07. The maximum atomic E-state index is 11.4. The largest absolute Gasteiger partial charge is 0.354 e. The van der Waals surface area contributed by atoms with Crippen molar-refractivity contribution in [2.24, 2.45) is 0 Å². The average molecular weight is 214 g/mol. The molecule has 0 rings (SSSR count). The van der Waals surface area contributed by atoms with E-state index in [-0.39, 0.29) is 17.5 Å². The number of amides is 1. The van der Waals surface area contributed by atoms with Gasteiger partial charge in [-0.15, -0.1) is 0 Å². The van der Waals surface area contributed by atoms with Crippen LogP contribution in [0.5, 0.6) is 0 Å². The van der Waals surface area contributed by atoms with Gasteiger partial charge in [-0.25, -0.2) is 0 Å². The smallest absolute Gasteiger partial charge is 0.221 e. The summed E-state index contributed by atoms with van der Waals surface area (Å²) in [5.41, 5.74) is 0.179. The van der Waals surface area contributed by atoms with Crippen LogP contribution in [0.1, 0.15) is 53.9 Å². The lowest BCUT2D eigenvalue weighted by Crippen LogP contribution is -2.43. The molecule has 0 aliphatic heterocycles. The van der Waals surface area contributed by atoms with Crippen LogP contribution in [0, 0.1) is 0 Å². The van der Waals surface area contributed by atoms with E-state index < -0.39 is 0 Å². The molecule has 1 amide bonds. The second kappa shape index (κ2) is 6.83. The standard InChI is InChI=1S/C12H26N2O/c1-6-12(5,7-2)13-9-8-11(15)14-10(3)4/h10,13H,6-9H2,1-5H3,(H,14,15). The molecule has 0 spiro atoms. The van der Waals surface area contributed by atoms with E-state index >= 15 is 0 Å². The molecule has 3 nitrogen and oxygen atoms in total. The molecule has 0 unspecified atom stereocenters. The molecule has 2 N–H and O–H groups in total. The molecule has 3 heteroatoms. The van der Waals surface area contributed by atoms with Gasteiger partial charge in [0.05, 0.1) is 0 Å². The van der Waals surface area contributed by atoms with Crippen LogP contribution in [0.3, 0.4) is 0 Å². The van der Waals surface area contributed by atoms with Gasteiger partial charge in [-0.1, -0.05) is 13.8 Å². The lowest BCUT2D eigenvalue weighted by molar-refractivity contribution is -0.121. The molecule has 0 bridgehead atoms. The Morgan fingerprint density at radius 2 is 1.80 bits per heavy atom. The molecule has 0 saturated heterocycles. The van der Waals surface area contributed by atoms with Gasteiger partial charge in [0.2, 0.25) is 5.91 Å². The minimum atomic E-state index is 0.132. The molecule has 0 aromatic rings. The van der Waals surface area contributed by atoms with Crippen LogP contribution in [0.25, 0.3) is 0 Å². The van der Waals surface area contributed by atoms with E-state index in [0.717, 1.165) is 19.4 Å². The Balaban J connectivity index is 3.73. The van der Waals surface area contributed by atoms with Gasteiger partial charge in [0.1, 0.15) is 0 Å². The first-order chi connectivity index (χ1) is 6.93. The number of rotatable bonds is 7. The van der Waals surface area contributed by atoms with Crippen LogP contribution in [-0.2, 0) is 4.79 Å². The van der Waals surface area contributed by atoms with E-state index in [1.165, 1.54) is 0 Å². The Bertz CT molecular complexity index is 186. The Hall–Kier alpha value is -0.570. The van der Waals surface area contributed by atoms with Crippen molar-refractivity contribution < 1.29 is 4.79 Å². The van der Waals surface area contributed by atoms with Crippen LogP contribution in [0.4, 0.5) is 0 Å². The molecule has 90 valence electrons. The van der Waals surface area contributed by atoms with Crippen LogP contribution in [0.15, 0.2) is 0 Å². The van der Waals surface area contributed by atoms with Crippen molar-refractivity contribution in [1.29, 1.82) is 0 Å². The van der Waals surface area contributed by atoms with Gasteiger partial charge in [-0.05, 0) is 33.6 Å². The maximum Gasteiger partial charge on any atom is 0.221 e. The molecular formula is C12H26N2O. The number of hydrogen-bond donors (Lipinski definition) is 2. The highest BCUT2D eigenvalue weighted by Gasteiger charge is 2.18. The highest BCUT2D eigenvalue weighted by molar-refractivity contribution is 5.76. The summed E-state index contributed by atoms with van der Waals surface area (Å²) in [6.07, 6.45) is 2.75. The Labute approximate surface area is 94.0 Å². The van der Waals surface area contributed by atoms with Gasteiger partial charge in [-0.3, -0.25) is 4.79 Å². The minimum Gasteiger partial charge on any atom is -0.354 e. The zero-order valence-electron chi connectivity index (χ0n) is 10.8. The maximum absolute atomic E-state index is 11.4. The highest BCUT2D eigenvalue weighted by atomic mass is 16.1. The van der Waals surface area contributed by atoms with Crippen molar-refractivity contribution in [2.45, 2.75) is 65.5 Å². The summed E-state index contributed by atoms with van der Waals surface area (Å²) in [5, 5.41) is 6.32. The number of nitrogens with one attached hydrogen (secondary N) is 2. The fourth-order valence-corrected chi connectivity index (χ4v) is 1.37. The summed E-state index contributed by atoms with van der Waals surface area (Å²) in [5.74, 6) is 0.132. The fourth-order valence-electron chi connectivity index (χ4n) is 1.37. The normalized spacial score (nSPS) is 11.9. The van der Waals surface area contributed by atoms with Gasteiger partial charge in [-0.2, -0.15) is 0 Å². The highest BCUT2D eigenvalue weighted by Crippen LogP contribution is 2.12. The molecule has 0 fully saturated rings. The molecular weight excluding hydrogens is 188 g/mol. The fraction of sp³-hybridized carbons (Fsp3) is 0.917. The van der Waals surface area contributed by atoms with E-state index in [0.29, 0.717) is 6.42 Å². The third-order valence-electron chi connectivity index (χ3n) is 2.91. The van der Waals surface area contributed by atoms with Gasteiger partial charge < -0.3 is 10.6 Å². The number of carbonyl (C=O) groups excluding carboxylic acids is 1. The van der Waals surface area contributed by atoms with Gasteiger partial charge in [0, 0.05) is 24.5 Å². The first-order valence-electron chi connectivity index (χ1n) is 5.98. The average Bonchev–Trinajstić information content (AvgIpc) is 2.16. The predicted molar refractivity (Wildman–Crippen MR) is 64.9 cm³/mol. The molecule has 0 saturated carbocycles. The van der Waals surface area contributed by atoms with E-state index in [1.54, 1.807) is 0 Å². The molecule has 0 radical (unpaired) electrons. The molecule has 0 heterocycles. The van der Waals surface area contributed by atoms with Crippen molar-refractivity contribution in [3.63, 3.8) is 0 Å². The zero-order chi connectivity index (χ0) is 11.9. The summed E-state index contributed by atoms with van der Waals surface area (Å²) in [7, 11) is 0. The zero-order valence-corrected chi connectivity index (χ0v) is 10.8. The van der Waals surface area contributed by atoms with Gasteiger partial charge >= 0.3 is 0 Å². The van der Waals surface area contributed by atoms with Crippen molar-refractivity contribution in [1.82, 2.24) is 10.6 Å². The Kier molecular flexibility index (Phi) is 6.57. The second-order valence-corrected chi connectivity index (χ2v) is 4.67. The Morgan fingerprint density at radius 3 is 2.20 bits per heavy atom. The summed E-state index contributed by atoms with van der Waals surface area (Å²) in [6, 6.07) is 0.237. The topological polar surface area (TPSA) is 41.1 Å². The third kappa shape index (κ3) is 6.50. The van der Waals surface area contributed by atoms with E-state index in [4.69, 9.17) is 0 Å². The molecule has 15 heavy (non-hydrogen) atoms. The summed E-state index contributed by atoms with van der Waals surface area (Å²) < 4.78 is 0.